The lowest BCUT2D eigenvalue weighted by atomic mass is 9.86. The van der Waals surface area contributed by atoms with E-state index in [0.717, 1.165) is 16.8 Å². The predicted molar refractivity (Wildman–Crippen MR) is 89.8 cm³/mol. The summed E-state index contributed by atoms with van der Waals surface area (Å²) in [6.07, 6.45) is 2.08. The van der Waals surface area contributed by atoms with Crippen LogP contribution < -0.4 is 5.32 Å². The van der Waals surface area contributed by atoms with Gasteiger partial charge >= 0.3 is 5.69 Å². The van der Waals surface area contributed by atoms with E-state index in [9.17, 15) is 14.5 Å². The Labute approximate surface area is 133 Å². The van der Waals surface area contributed by atoms with E-state index in [1.54, 1.807) is 12.1 Å². The number of hydrogen-bond acceptors (Lipinski definition) is 3. The molecule has 4 nitrogen and oxygen atoms in total. The van der Waals surface area contributed by atoms with E-state index in [0.29, 0.717) is 5.56 Å². The largest absolute Gasteiger partial charge is 0.376 e. The Morgan fingerprint density at radius 1 is 1.13 bits per heavy atom. The van der Waals surface area contributed by atoms with Gasteiger partial charge in [0.1, 0.15) is 0 Å². The molecule has 2 aromatic carbocycles. The van der Waals surface area contributed by atoms with Gasteiger partial charge in [-0.3, -0.25) is 10.1 Å². The van der Waals surface area contributed by atoms with Crippen LogP contribution in [0.15, 0.2) is 42.5 Å². The highest BCUT2D eigenvalue weighted by molar-refractivity contribution is 5.91. The third-order valence-corrected chi connectivity index (χ3v) is 3.96. The van der Waals surface area contributed by atoms with E-state index in [4.69, 9.17) is 0 Å². The fourth-order valence-corrected chi connectivity index (χ4v) is 3.17. The van der Waals surface area contributed by atoms with Crippen molar-refractivity contribution in [2.45, 2.75) is 26.3 Å². The third kappa shape index (κ3) is 2.59. The molecule has 0 unspecified atom stereocenters. The number of benzene rings is 2. The van der Waals surface area contributed by atoms with Gasteiger partial charge in [-0.1, -0.05) is 30.3 Å². The van der Waals surface area contributed by atoms with Crippen LogP contribution in [0.5, 0.6) is 0 Å². The highest BCUT2D eigenvalue weighted by Gasteiger charge is 2.26. The van der Waals surface area contributed by atoms with Gasteiger partial charge in [0, 0.05) is 22.9 Å². The summed E-state index contributed by atoms with van der Waals surface area (Å²) in [6, 6.07) is 9.82. The second kappa shape index (κ2) is 5.19. The lowest BCUT2D eigenvalue weighted by Gasteiger charge is -2.32. The van der Waals surface area contributed by atoms with Gasteiger partial charge in [-0.05, 0) is 38.0 Å². The van der Waals surface area contributed by atoms with Gasteiger partial charge in [0.05, 0.1) is 10.5 Å². The molecule has 0 amide bonds. The van der Waals surface area contributed by atoms with Crippen LogP contribution in [-0.4, -0.2) is 10.5 Å². The third-order valence-electron chi connectivity index (χ3n) is 3.96. The molecule has 0 aromatic heterocycles. The van der Waals surface area contributed by atoms with E-state index in [-0.39, 0.29) is 11.1 Å². The Morgan fingerprint density at radius 3 is 2.48 bits per heavy atom. The molecule has 0 radical (unpaired) electrons. The summed E-state index contributed by atoms with van der Waals surface area (Å²) in [5.74, 6) is -0.802. The zero-order valence-corrected chi connectivity index (χ0v) is 13.2. The molecule has 2 aromatic rings. The van der Waals surface area contributed by atoms with Crippen LogP contribution in [0.4, 0.5) is 15.8 Å². The van der Waals surface area contributed by atoms with Crippen LogP contribution in [0, 0.1) is 15.9 Å². The van der Waals surface area contributed by atoms with Gasteiger partial charge in [-0.15, -0.1) is 0 Å². The fourth-order valence-electron chi connectivity index (χ4n) is 3.17. The van der Waals surface area contributed by atoms with Crippen molar-refractivity contribution in [1.29, 1.82) is 0 Å². The number of anilines is 1. The van der Waals surface area contributed by atoms with Gasteiger partial charge in [0.15, 0.2) is 0 Å². The second-order valence-electron chi connectivity index (χ2n) is 6.30. The highest BCUT2D eigenvalue weighted by atomic mass is 19.1. The first-order valence-electron chi connectivity index (χ1n) is 7.34. The number of rotatable bonds is 2. The summed E-state index contributed by atoms with van der Waals surface area (Å²) < 4.78 is 14.6. The standard InChI is InChI=1S/C18H17FN2O2/c1-11-10-18(2,3)20-14-8-4-6-12(16(11)14)13-7-5-9-15(17(13)19)21(22)23/h4-10,20H,1-3H3. The summed E-state index contributed by atoms with van der Waals surface area (Å²) in [5, 5.41) is 14.4. The molecule has 1 aliphatic heterocycles. The SMILES string of the molecule is CC1=CC(C)(C)Nc2cccc(-c3cccc([N+](=O)[O-])c3F)c21. The number of nitrogens with one attached hydrogen (secondary N) is 1. The van der Waals surface area contributed by atoms with Crippen molar-refractivity contribution < 1.29 is 9.31 Å². The maximum absolute atomic E-state index is 14.6. The molecular formula is C18H17FN2O2. The minimum absolute atomic E-state index is 0.197. The number of fused-ring (bicyclic) bond motifs is 1. The van der Waals surface area contributed by atoms with E-state index < -0.39 is 16.4 Å². The minimum atomic E-state index is -0.802. The Kier molecular flexibility index (Phi) is 3.43. The first kappa shape index (κ1) is 15.2. The quantitative estimate of drug-likeness (QED) is 0.626. The Hall–Kier alpha value is -2.69. The van der Waals surface area contributed by atoms with Crippen LogP contribution in [0.3, 0.4) is 0 Å². The number of hydrogen-bond donors (Lipinski definition) is 1. The van der Waals surface area contributed by atoms with Crippen LogP contribution in [0.1, 0.15) is 26.3 Å². The van der Waals surface area contributed by atoms with E-state index in [1.807, 2.05) is 19.1 Å². The normalized spacial score (nSPS) is 15.4. The molecule has 0 saturated heterocycles. The van der Waals surface area contributed by atoms with Gasteiger partial charge in [-0.2, -0.15) is 4.39 Å². The average Bonchev–Trinajstić information content (AvgIpc) is 2.45. The van der Waals surface area contributed by atoms with Crippen LogP contribution in [0.25, 0.3) is 16.7 Å². The molecule has 0 saturated carbocycles. The van der Waals surface area contributed by atoms with Crippen molar-refractivity contribution in [1.82, 2.24) is 0 Å². The smallest absolute Gasteiger partial charge is 0.305 e. The Balaban J connectivity index is 2.25. The fraction of sp³-hybridized carbons (Fsp3) is 0.222. The van der Waals surface area contributed by atoms with Crippen molar-refractivity contribution in [2.24, 2.45) is 0 Å². The van der Waals surface area contributed by atoms with Gasteiger partial charge in [-0.25, -0.2) is 0 Å². The van der Waals surface area contributed by atoms with Crippen molar-refractivity contribution in [3.05, 3.63) is 64.0 Å². The van der Waals surface area contributed by atoms with Crippen LogP contribution >= 0.6 is 0 Å². The molecule has 118 valence electrons. The monoisotopic (exact) mass is 312 g/mol. The van der Waals surface area contributed by atoms with Crippen molar-refractivity contribution in [3.63, 3.8) is 0 Å². The molecule has 0 atom stereocenters. The van der Waals surface area contributed by atoms with E-state index in [2.05, 4.69) is 25.2 Å². The van der Waals surface area contributed by atoms with Crippen molar-refractivity contribution in [3.8, 4) is 11.1 Å². The summed E-state index contributed by atoms with van der Waals surface area (Å²) in [4.78, 5) is 10.3. The van der Waals surface area contributed by atoms with E-state index in [1.165, 1.54) is 12.1 Å². The molecular weight excluding hydrogens is 295 g/mol. The topological polar surface area (TPSA) is 55.2 Å². The molecule has 0 aliphatic carbocycles. The summed E-state index contributed by atoms with van der Waals surface area (Å²) in [6.45, 7) is 6.08. The number of nitro benzene ring substituents is 1. The Morgan fingerprint density at radius 2 is 1.78 bits per heavy atom. The molecule has 3 rings (SSSR count). The molecule has 1 N–H and O–H groups in total. The molecule has 0 spiro atoms. The lowest BCUT2D eigenvalue weighted by molar-refractivity contribution is -0.387. The summed E-state index contributed by atoms with van der Waals surface area (Å²) in [7, 11) is 0. The number of halogens is 1. The molecule has 0 bridgehead atoms. The van der Waals surface area contributed by atoms with Crippen molar-refractivity contribution in [2.75, 3.05) is 5.32 Å². The first-order chi connectivity index (χ1) is 10.8. The second-order valence-corrected chi connectivity index (χ2v) is 6.30. The zero-order valence-electron chi connectivity index (χ0n) is 13.2. The van der Waals surface area contributed by atoms with Crippen molar-refractivity contribution >= 4 is 16.9 Å². The molecule has 1 heterocycles. The maximum atomic E-state index is 14.6. The molecule has 23 heavy (non-hydrogen) atoms. The van der Waals surface area contributed by atoms with Gasteiger partial charge < -0.3 is 5.32 Å². The Bertz CT molecular complexity index is 841. The molecule has 5 heteroatoms. The highest BCUT2D eigenvalue weighted by Crippen LogP contribution is 2.41. The van der Waals surface area contributed by atoms with Crippen LogP contribution in [0.2, 0.25) is 0 Å². The number of nitrogens with zero attached hydrogens (tertiary/aromatic N) is 1. The molecule has 1 aliphatic rings. The number of nitro groups is 1. The maximum Gasteiger partial charge on any atom is 0.305 e. The van der Waals surface area contributed by atoms with Crippen LogP contribution in [-0.2, 0) is 0 Å². The summed E-state index contributed by atoms with van der Waals surface area (Å²) >= 11 is 0. The minimum Gasteiger partial charge on any atom is -0.376 e. The first-order valence-corrected chi connectivity index (χ1v) is 7.34. The number of allylic oxidation sites excluding steroid dienone is 1. The van der Waals surface area contributed by atoms with E-state index >= 15 is 0 Å². The predicted octanol–water partition coefficient (Wildman–Crippen LogP) is 5.01. The molecule has 0 fully saturated rings. The average molecular weight is 312 g/mol. The van der Waals surface area contributed by atoms with Gasteiger partial charge in [0.25, 0.3) is 0 Å². The summed E-state index contributed by atoms with van der Waals surface area (Å²) in [5.41, 5.74) is 2.99. The zero-order chi connectivity index (χ0) is 16.8. The van der Waals surface area contributed by atoms with Gasteiger partial charge in [0.2, 0.25) is 5.82 Å². The lowest BCUT2D eigenvalue weighted by Crippen LogP contribution is -2.31.